The largest absolute Gasteiger partial charge is 0.465 e. The highest BCUT2D eigenvalue weighted by Crippen LogP contribution is 2.39. The lowest BCUT2D eigenvalue weighted by atomic mass is 9.78. The SMILES string of the molecule is COC(=O)c1sc(N2CCCC3CCCCC32)nc1C. The van der Waals surface area contributed by atoms with Crippen molar-refractivity contribution < 1.29 is 9.53 Å². The number of carbonyl (C=O) groups is 1. The fraction of sp³-hybridized carbons (Fsp3) is 0.733. The third-order valence-electron chi connectivity index (χ3n) is 4.65. The molecule has 1 aliphatic carbocycles. The second-order valence-electron chi connectivity index (χ2n) is 5.85. The summed E-state index contributed by atoms with van der Waals surface area (Å²) in [6.45, 7) is 2.98. The predicted molar refractivity (Wildman–Crippen MR) is 80.5 cm³/mol. The first-order chi connectivity index (χ1) is 9.70. The summed E-state index contributed by atoms with van der Waals surface area (Å²) in [6, 6.07) is 0.633. The summed E-state index contributed by atoms with van der Waals surface area (Å²) in [5.74, 6) is 0.562. The van der Waals surface area contributed by atoms with Crippen LogP contribution in [0.1, 0.15) is 53.9 Å². The molecule has 0 amide bonds. The third-order valence-corrected chi connectivity index (χ3v) is 5.82. The lowest BCUT2D eigenvalue weighted by Gasteiger charge is -2.44. The summed E-state index contributed by atoms with van der Waals surface area (Å²) in [4.78, 5) is 19.5. The van der Waals surface area contributed by atoms with Crippen LogP contribution in [0, 0.1) is 12.8 Å². The van der Waals surface area contributed by atoms with Crippen LogP contribution in [0.5, 0.6) is 0 Å². The van der Waals surface area contributed by atoms with Crippen LogP contribution >= 0.6 is 11.3 Å². The molecular formula is C15H22N2O2S. The van der Waals surface area contributed by atoms with Gasteiger partial charge in [0.2, 0.25) is 0 Å². The van der Waals surface area contributed by atoms with Crippen LogP contribution in [0.2, 0.25) is 0 Å². The summed E-state index contributed by atoms with van der Waals surface area (Å²) >= 11 is 1.49. The molecule has 2 aliphatic rings. The molecule has 0 N–H and O–H groups in total. The van der Waals surface area contributed by atoms with Crippen molar-refractivity contribution >= 4 is 22.4 Å². The lowest BCUT2D eigenvalue weighted by Crippen LogP contribution is -2.46. The van der Waals surface area contributed by atoms with Crippen molar-refractivity contribution in [2.45, 2.75) is 51.5 Å². The number of aryl methyl sites for hydroxylation is 1. The van der Waals surface area contributed by atoms with Crippen LogP contribution in [0.15, 0.2) is 0 Å². The number of methoxy groups -OCH3 is 1. The van der Waals surface area contributed by atoms with Gasteiger partial charge in [0, 0.05) is 12.6 Å². The maximum absolute atomic E-state index is 11.7. The van der Waals surface area contributed by atoms with Crippen molar-refractivity contribution in [1.82, 2.24) is 4.98 Å². The average Bonchev–Trinajstić information content (AvgIpc) is 2.87. The Morgan fingerprint density at radius 2 is 2.05 bits per heavy atom. The normalized spacial score (nSPS) is 26.2. The Labute approximate surface area is 124 Å². The summed E-state index contributed by atoms with van der Waals surface area (Å²) in [5.41, 5.74) is 0.801. The van der Waals surface area contributed by atoms with E-state index in [1.165, 1.54) is 57.0 Å². The average molecular weight is 294 g/mol. The molecule has 1 aliphatic heterocycles. The predicted octanol–water partition coefficient (Wildman–Crippen LogP) is 3.40. The number of piperidine rings is 1. The highest BCUT2D eigenvalue weighted by molar-refractivity contribution is 7.17. The summed E-state index contributed by atoms with van der Waals surface area (Å²) in [5, 5.41) is 1.01. The van der Waals surface area contributed by atoms with E-state index in [4.69, 9.17) is 4.74 Å². The van der Waals surface area contributed by atoms with E-state index < -0.39 is 0 Å². The van der Waals surface area contributed by atoms with Crippen molar-refractivity contribution in [2.24, 2.45) is 5.92 Å². The zero-order valence-electron chi connectivity index (χ0n) is 12.2. The van der Waals surface area contributed by atoms with Gasteiger partial charge in [-0.2, -0.15) is 0 Å². The van der Waals surface area contributed by atoms with Gasteiger partial charge >= 0.3 is 5.97 Å². The molecular weight excluding hydrogens is 272 g/mol. The minimum absolute atomic E-state index is 0.261. The number of hydrogen-bond acceptors (Lipinski definition) is 5. The topological polar surface area (TPSA) is 42.4 Å². The first kappa shape index (κ1) is 13.9. The molecule has 2 atom stereocenters. The molecule has 1 aromatic rings. The van der Waals surface area contributed by atoms with Gasteiger partial charge in [-0.25, -0.2) is 9.78 Å². The van der Waals surface area contributed by atoms with Gasteiger partial charge in [-0.1, -0.05) is 24.2 Å². The van der Waals surface area contributed by atoms with Crippen LogP contribution in [0.25, 0.3) is 0 Å². The van der Waals surface area contributed by atoms with Crippen LogP contribution in [-0.2, 0) is 4.74 Å². The zero-order chi connectivity index (χ0) is 14.1. The van der Waals surface area contributed by atoms with E-state index >= 15 is 0 Å². The zero-order valence-corrected chi connectivity index (χ0v) is 13.0. The van der Waals surface area contributed by atoms with Crippen LogP contribution in [-0.4, -0.2) is 30.6 Å². The highest BCUT2D eigenvalue weighted by atomic mass is 32.1. The van der Waals surface area contributed by atoms with E-state index in [1.807, 2.05) is 6.92 Å². The number of esters is 1. The molecule has 2 fully saturated rings. The Kier molecular flexibility index (Phi) is 3.96. The van der Waals surface area contributed by atoms with Crippen molar-refractivity contribution in [1.29, 1.82) is 0 Å². The molecule has 110 valence electrons. The van der Waals surface area contributed by atoms with Gasteiger partial charge in [-0.05, 0) is 38.5 Å². The minimum atomic E-state index is -0.261. The van der Waals surface area contributed by atoms with Crippen LogP contribution in [0.4, 0.5) is 5.13 Å². The van der Waals surface area contributed by atoms with Crippen LogP contribution in [0.3, 0.4) is 0 Å². The second-order valence-corrected chi connectivity index (χ2v) is 6.83. The van der Waals surface area contributed by atoms with Gasteiger partial charge in [0.1, 0.15) is 4.88 Å². The maximum Gasteiger partial charge on any atom is 0.350 e. The lowest BCUT2D eigenvalue weighted by molar-refractivity contribution is 0.0605. The fourth-order valence-corrected chi connectivity index (χ4v) is 4.72. The van der Waals surface area contributed by atoms with E-state index in [-0.39, 0.29) is 5.97 Å². The van der Waals surface area contributed by atoms with E-state index in [0.717, 1.165) is 23.3 Å². The number of ether oxygens (including phenoxy) is 1. The fourth-order valence-electron chi connectivity index (χ4n) is 3.65. The number of anilines is 1. The molecule has 0 aromatic carbocycles. The maximum atomic E-state index is 11.7. The van der Waals surface area contributed by atoms with Crippen LogP contribution < -0.4 is 4.90 Å². The smallest absolute Gasteiger partial charge is 0.350 e. The standard InChI is InChI=1S/C15H22N2O2S/c1-10-13(14(18)19-2)20-15(16-10)17-9-5-7-11-6-3-4-8-12(11)17/h11-12H,3-9H2,1-2H3. The van der Waals surface area contributed by atoms with E-state index in [2.05, 4.69) is 9.88 Å². The molecule has 0 radical (unpaired) electrons. The molecule has 4 nitrogen and oxygen atoms in total. The van der Waals surface area contributed by atoms with Gasteiger partial charge in [0.25, 0.3) is 0 Å². The van der Waals surface area contributed by atoms with Crippen molar-refractivity contribution in [2.75, 3.05) is 18.6 Å². The molecule has 2 unspecified atom stereocenters. The number of thiazole rings is 1. The molecule has 1 saturated heterocycles. The summed E-state index contributed by atoms with van der Waals surface area (Å²) in [7, 11) is 1.43. The molecule has 3 rings (SSSR count). The van der Waals surface area contributed by atoms with E-state index in [0.29, 0.717) is 10.9 Å². The number of aromatic nitrogens is 1. The van der Waals surface area contributed by atoms with Gasteiger partial charge in [-0.15, -0.1) is 0 Å². The van der Waals surface area contributed by atoms with Crippen molar-refractivity contribution in [3.05, 3.63) is 10.6 Å². The molecule has 0 spiro atoms. The van der Waals surface area contributed by atoms with Crippen molar-refractivity contribution in [3.8, 4) is 0 Å². The number of rotatable bonds is 2. The van der Waals surface area contributed by atoms with Gasteiger partial charge < -0.3 is 9.64 Å². The summed E-state index contributed by atoms with van der Waals surface area (Å²) < 4.78 is 4.84. The Morgan fingerprint density at radius 1 is 1.30 bits per heavy atom. The Bertz CT molecular complexity index is 498. The first-order valence-corrected chi connectivity index (χ1v) is 8.34. The quantitative estimate of drug-likeness (QED) is 0.784. The summed E-state index contributed by atoms with van der Waals surface area (Å²) in [6.07, 6.45) is 7.93. The highest BCUT2D eigenvalue weighted by Gasteiger charge is 2.35. The molecule has 1 saturated carbocycles. The second kappa shape index (κ2) is 5.72. The van der Waals surface area contributed by atoms with Crippen molar-refractivity contribution in [3.63, 3.8) is 0 Å². The van der Waals surface area contributed by atoms with E-state index in [9.17, 15) is 4.79 Å². The van der Waals surface area contributed by atoms with Gasteiger partial charge in [0.15, 0.2) is 5.13 Å². The molecule has 20 heavy (non-hydrogen) atoms. The monoisotopic (exact) mass is 294 g/mol. The number of carbonyl (C=O) groups excluding carboxylic acids is 1. The number of fused-ring (bicyclic) bond motifs is 1. The number of hydrogen-bond donors (Lipinski definition) is 0. The van der Waals surface area contributed by atoms with Gasteiger partial charge in [0.05, 0.1) is 12.8 Å². The molecule has 0 bridgehead atoms. The van der Waals surface area contributed by atoms with Gasteiger partial charge in [-0.3, -0.25) is 0 Å². The molecule has 2 heterocycles. The Hall–Kier alpha value is -1.10. The Balaban J connectivity index is 1.86. The first-order valence-electron chi connectivity index (χ1n) is 7.53. The molecule has 1 aromatic heterocycles. The van der Waals surface area contributed by atoms with E-state index in [1.54, 1.807) is 0 Å². The molecule has 5 heteroatoms. The minimum Gasteiger partial charge on any atom is -0.465 e. The third kappa shape index (κ3) is 2.43. The Morgan fingerprint density at radius 3 is 2.85 bits per heavy atom. The number of nitrogens with zero attached hydrogens (tertiary/aromatic N) is 2.